The number of alkyl halides is 3. The number of hydrogen-bond donors (Lipinski definition) is 2. The lowest BCUT2D eigenvalue weighted by molar-refractivity contribution is -0.274. The summed E-state index contributed by atoms with van der Waals surface area (Å²) in [4.78, 5) is 12.1. The molecule has 1 aliphatic carbocycles. The second kappa shape index (κ2) is 9.17. The third-order valence-corrected chi connectivity index (χ3v) is 5.13. The van der Waals surface area contributed by atoms with Gasteiger partial charge in [-0.2, -0.15) is 0 Å². The highest BCUT2D eigenvalue weighted by Crippen LogP contribution is 2.44. The van der Waals surface area contributed by atoms with Crippen molar-refractivity contribution in [3.63, 3.8) is 0 Å². The summed E-state index contributed by atoms with van der Waals surface area (Å²) in [5.41, 5.74) is 10.3. The van der Waals surface area contributed by atoms with Crippen LogP contribution >= 0.6 is 0 Å². The molecule has 0 heterocycles. The fraction of sp³-hybridized carbons (Fsp3) is 0.160. The molecule has 168 valence electrons. The van der Waals surface area contributed by atoms with Crippen molar-refractivity contribution in [1.82, 2.24) is 5.32 Å². The lowest BCUT2D eigenvalue weighted by Crippen LogP contribution is -2.26. The van der Waals surface area contributed by atoms with Gasteiger partial charge in [0.25, 0.3) is 0 Å². The molecule has 8 heteroatoms. The number of hydrogen-bond acceptors (Lipinski definition) is 4. The van der Waals surface area contributed by atoms with Crippen LogP contribution in [0.2, 0.25) is 0 Å². The first-order chi connectivity index (χ1) is 15.8. The molecule has 0 spiro atoms. The second-order valence-electron chi connectivity index (χ2n) is 7.28. The van der Waals surface area contributed by atoms with Gasteiger partial charge in [0.15, 0.2) is 5.75 Å². The summed E-state index contributed by atoms with van der Waals surface area (Å²) in [6, 6.07) is 19.8. The molecule has 0 atom stereocenters. The number of nitrogen functional groups attached to an aromatic ring is 1. The first-order valence-electron chi connectivity index (χ1n) is 10.0. The van der Waals surface area contributed by atoms with Crippen LogP contribution in [0.5, 0.6) is 5.75 Å². The quantitative estimate of drug-likeness (QED) is 0.429. The molecule has 0 unspecified atom stereocenters. The van der Waals surface area contributed by atoms with Crippen LogP contribution < -0.4 is 15.8 Å². The number of anilines is 1. The van der Waals surface area contributed by atoms with Gasteiger partial charge in [0.1, 0.15) is 6.61 Å². The minimum Gasteiger partial charge on any atom is -0.449 e. The van der Waals surface area contributed by atoms with Gasteiger partial charge in [-0.3, -0.25) is 0 Å². The van der Waals surface area contributed by atoms with Crippen LogP contribution in [0.4, 0.5) is 23.7 Å². The van der Waals surface area contributed by atoms with Gasteiger partial charge in [-0.05, 0) is 40.5 Å². The molecule has 3 N–H and O–H groups in total. The van der Waals surface area contributed by atoms with Gasteiger partial charge in [-0.25, -0.2) is 4.79 Å². The van der Waals surface area contributed by atoms with Crippen LogP contribution in [0.15, 0.2) is 66.7 Å². The van der Waals surface area contributed by atoms with Crippen molar-refractivity contribution < 1.29 is 27.4 Å². The van der Waals surface area contributed by atoms with E-state index in [0.717, 1.165) is 28.3 Å². The van der Waals surface area contributed by atoms with E-state index in [9.17, 15) is 18.0 Å². The SMILES string of the molecule is Nc1cc(C#CCNC(=O)OCC2c3ccccc3-c3ccccc32)ccc1OC(F)(F)F. The van der Waals surface area contributed by atoms with E-state index in [4.69, 9.17) is 10.5 Å². The number of nitrogens with two attached hydrogens (primary N) is 1. The maximum Gasteiger partial charge on any atom is 0.573 e. The molecule has 3 aromatic rings. The summed E-state index contributed by atoms with van der Waals surface area (Å²) < 4.78 is 46.1. The molecule has 0 radical (unpaired) electrons. The zero-order valence-corrected chi connectivity index (χ0v) is 17.3. The van der Waals surface area contributed by atoms with E-state index in [1.54, 1.807) is 0 Å². The average molecular weight is 452 g/mol. The Labute approximate surface area is 188 Å². The first kappa shape index (κ1) is 22.1. The Kier molecular flexibility index (Phi) is 6.13. The Morgan fingerprint density at radius 3 is 2.24 bits per heavy atom. The number of carbonyl (C=O) groups excluding carboxylic acids is 1. The predicted molar refractivity (Wildman–Crippen MR) is 117 cm³/mol. The zero-order chi connectivity index (χ0) is 23.4. The molecule has 0 aliphatic heterocycles. The van der Waals surface area contributed by atoms with Gasteiger partial charge in [-0.15, -0.1) is 13.2 Å². The molecule has 1 aliphatic rings. The normalized spacial score (nSPS) is 12.2. The number of benzene rings is 3. The smallest absolute Gasteiger partial charge is 0.449 e. The molecule has 0 saturated carbocycles. The average Bonchev–Trinajstić information content (AvgIpc) is 3.10. The number of fused-ring (bicyclic) bond motifs is 3. The lowest BCUT2D eigenvalue weighted by Gasteiger charge is -2.14. The van der Waals surface area contributed by atoms with Gasteiger partial charge < -0.3 is 20.5 Å². The van der Waals surface area contributed by atoms with Crippen molar-refractivity contribution in [1.29, 1.82) is 0 Å². The highest BCUT2D eigenvalue weighted by molar-refractivity contribution is 5.79. The molecule has 33 heavy (non-hydrogen) atoms. The Morgan fingerprint density at radius 2 is 1.64 bits per heavy atom. The van der Waals surface area contributed by atoms with Gasteiger partial charge in [0.05, 0.1) is 12.2 Å². The first-order valence-corrected chi connectivity index (χ1v) is 10.0. The van der Waals surface area contributed by atoms with Crippen LogP contribution in [0.25, 0.3) is 11.1 Å². The summed E-state index contributed by atoms with van der Waals surface area (Å²) >= 11 is 0. The Morgan fingerprint density at radius 1 is 1.00 bits per heavy atom. The van der Waals surface area contributed by atoms with E-state index in [-0.39, 0.29) is 24.8 Å². The second-order valence-corrected chi connectivity index (χ2v) is 7.28. The predicted octanol–water partition coefficient (Wildman–Crippen LogP) is 5.06. The molecule has 4 rings (SSSR count). The summed E-state index contributed by atoms with van der Waals surface area (Å²) in [5, 5.41) is 2.54. The van der Waals surface area contributed by atoms with Crippen molar-refractivity contribution in [2.45, 2.75) is 12.3 Å². The summed E-state index contributed by atoms with van der Waals surface area (Å²) in [5.74, 6) is 4.88. The van der Waals surface area contributed by atoms with E-state index in [1.807, 2.05) is 36.4 Å². The molecular weight excluding hydrogens is 433 g/mol. The van der Waals surface area contributed by atoms with Gasteiger partial charge in [-0.1, -0.05) is 60.4 Å². The van der Waals surface area contributed by atoms with E-state index in [2.05, 4.69) is 34.0 Å². The van der Waals surface area contributed by atoms with E-state index in [1.165, 1.54) is 12.1 Å². The monoisotopic (exact) mass is 452 g/mol. The zero-order valence-electron chi connectivity index (χ0n) is 17.3. The third-order valence-electron chi connectivity index (χ3n) is 5.13. The van der Waals surface area contributed by atoms with Crippen LogP contribution in [0.1, 0.15) is 22.6 Å². The summed E-state index contributed by atoms with van der Waals surface area (Å²) in [7, 11) is 0. The Bertz CT molecular complexity index is 1200. The molecule has 0 bridgehead atoms. The number of rotatable bonds is 4. The van der Waals surface area contributed by atoms with Crippen LogP contribution in [-0.4, -0.2) is 25.6 Å². The third kappa shape index (κ3) is 5.21. The Balaban J connectivity index is 1.31. The maximum absolute atomic E-state index is 12.3. The van der Waals surface area contributed by atoms with Crippen molar-refractivity contribution in [3.8, 4) is 28.7 Å². The van der Waals surface area contributed by atoms with E-state index in [0.29, 0.717) is 5.56 Å². The fourth-order valence-electron chi connectivity index (χ4n) is 3.76. The number of carbonyl (C=O) groups is 1. The number of nitrogens with one attached hydrogen (secondary N) is 1. The van der Waals surface area contributed by atoms with Crippen LogP contribution in [0.3, 0.4) is 0 Å². The van der Waals surface area contributed by atoms with Crippen molar-refractivity contribution in [2.24, 2.45) is 0 Å². The molecule has 0 fully saturated rings. The lowest BCUT2D eigenvalue weighted by atomic mass is 9.98. The molecule has 1 amide bonds. The van der Waals surface area contributed by atoms with Gasteiger partial charge in [0, 0.05) is 11.5 Å². The number of ether oxygens (including phenoxy) is 2. The highest BCUT2D eigenvalue weighted by atomic mass is 19.4. The maximum atomic E-state index is 12.3. The molecule has 0 aromatic heterocycles. The largest absolute Gasteiger partial charge is 0.573 e. The summed E-state index contributed by atoms with van der Waals surface area (Å²) in [6.45, 7) is 0.182. The number of halogens is 3. The fourth-order valence-corrected chi connectivity index (χ4v) is 3.76. The minimum absolute atomic E-state index is 0.00260. The van der Waals surface area contributed by atoms with E-state index >= 15 is 0 Å². The van der Waals surface area contributed by atoms with Crippen LogP contribution in [0, 0.1) is 11.8 Å². The van der Waals surface area contributed by atoms with E-state index < -0.39 is 18.2 Å². The minimum atomic E-state index is -4.83. The van der Waals surface area contributed by atoms with Gasteiger partial charge >= 0.3 is 12.5 Å². The number of alkyl carbamates (subject to hydrolysis) is 1. The Hall–Kier alpha value is -4.12. The van der Waals surface area contributed by atoms with Gasteiger partial charge in [0.2, 0.25) is 0 Å². The van der Waals surface area contributed by atoms with Crippen molar-refractivity contribution >= 4 is 11.8 Å². The molecule has 5 nitrogen and oxygen atoms in total. The molecular formula is C25H19F3N2O3. The van der Waals surface area contributed by atoms with Crippen molar-refractivity contribution in [3.05, 3.63) is 83.4 Å². The topological polar surface area (TPSA) is 73.6 Å². The van der Waals surface area contributed by atoms with Crippen LogP contribution in [-0.2, 0) is 4.74 Å². The molecule has 3 aromatic carbocycles. The molecule has 0 saturated heterocycles. The summed E-state index contributed by atoms with van der Waals surface area (Å²) in [6.07, 6.45) is -5.44. The standard InChI is InChI=1S/C25H19F3N2O3/c26-25(27,28)33-23-12-11-16(14-22(23)29)6-5-13-30-24(31)32-15-21-19-9-3-1-7-17(19)18-8-2-4-10-20(18)21/h1-4,7-12,14,21H,13,15,29H2,(H,30,31). The number of amides is 1. The highest BCUT2D eigenvalue weighted by Gasteiger charge is 2.32. The van der Waals surface area contributed by atoms with Crippen molar-refractivity contribution in [2.75, 3.05) is 18.9 Å².